The average Bonchev–Trinajstić information content (AvgIpc) is 2.72. The van der Waals surface area contributed by atoms with E-state index in [1.54, 1.807) is 12.1 Å². The molecule has 0 aliphatic heterocycles. The molecule has 0 heterocycles. The van der Waals surface area contributed by atoms with Crippen molar-refractivity contribution < 1.29 is 9.59 Å². The molecular formula is C22H28N4O2. The zero-order valence-electron chi connectivity index (χ0n) is 16.1. The lowest BCUT2D eigenvalue weighted by Crippen LogP contribution is -2.24. The minimum Gasteiger partial charge on any atom is -0.384 e. The van der Waals surface area contributed by atoms with Gasteiger partial charge in [0.1, 0.15) is 0 Å². The number of nitrogens with one attached hydrogen (secondary N) is 2. The van der Waals surface area contributed by atoms with Crippen LogP contribution in [-0.4, -0.2) is 37.7 Å². The van der Waals surface area contributed by atoms with Crippen LogP contribution in [0.5, 0.6) is 0 Å². The van der Waals surface area contributed by atoms with Crippen molar-refractivity contribution in [3.8, 4) is 0 Å². The van der Waals surface area contributed by atoms with E-state index in [9.17, 15) is 9.59 Å². The van der Waals surface area contributed by atoms with Gasteiger partial charge in [0.2, 0.25) is 0 Å². The number of hydrogen-bond donors (Lipinski definition) is 4. The lowest BCUT2D eigenvalue weighted by Gasteiger charge is -2.23. The Hall–Kier alpha value is -2.70. The minimum atomic E-state index is -0.114. The van der Waals surface area contributed by atoms with Gasteiger partial charge >= 0.3 is 0 Å². The second-order valence-corrected chi connectivity index (χ2v) is 6.96. The number of carbonyl (C=O) groups excluding carboxylic acids is 2. The molecule has 0 saturated heterocycles. The van der Waals surface area contributed by atoms with Crippen LogP contribution in [0, 0.1) is 0 Å². The van der Waals surface area contributed by atoms with Gasteiger partial charge in [-0.05, 0) is 50.9 Å². The highest BCUT2D eigenvalue weighted by molar-refractivity contribution is 6.31. The van der Waals surface area contributed by atoms with Crippen LogP contribution in [0.2, 0.25) is 0 Å². The van der Waals surface area contributed by atoms with E-state index in [1.807, 2.05) is 24.3 Å². The maximum absolute atomic E-state index is 13.2. The van der Waals surface area contributed by atoms with Gasteiger partial charge in [-0.15, -0.1) is 0 Å². The summed E-state index contributed by atoms with van der Waals surface area (Å²) >= 11 is 0. The third-order valence-electron chi connectivity index (χ3n) is 4.96. The summed E-state index contributed by atoms with van der Waals surface area (Å²) in [5.74, 6) is -0.228. The second kappa shape index (κ2) is 9.48. The summed E-state index contributed by atoms with van der Waals surface area (Å²) in [6, 6.07) is 10.8. The summed E-state index contributed by atoms with van der Waals surface area (Å²) < 4.78 is 0. The van der Waals surface area contributed by atoms with Gasteiger partial charge in [0.15, 0.2) is 11.6 Å². The number of carbonyl (C=O) groups is 2. The molecule has 28 heavy (non-hydrogen) atoms. The van der Waals surface area contributed by atoms with Crippen LogP contribution >= 0.6 is 0 Å². The molecule has 0 aromatic heterocycles. The normalized spacial score (nSPS) is 12.5. The molecule has 0 fully saturated rings. The smallest absolute Gasteiger partial charge is 0.196 e. The molecule has 0 unspecified atom stereocenters. The summed E-state index contributed by atoms with van der Waals surface area (Å²) in [6.45, 7) is 2.70. The minimum absolute atomic E-state index is 0.114. The molecule has 3 rings (SSSR count). The fourth-order valence-corrected chi connectivity index (χ4v) is 3.52. The summed E-state index contributed by atoms with van der Waals surface area (Å²) in [7, 11) is 0. The lowest BCUT2D eigenvalue weighted by atomic mass is 9.82. The number of ketones is 2. The first-order valence-corrected chi connectivity index (χ1v) is 9.92. The quantitative estimate of drug-likeness (QED) is 0.403. The molecule has 2 aromatic carbocycles. The van der Waals surface area contributed by atoms with Crippen LogP contribution in [0.25, 0.3) is 0 Å². The zero-order chi connectivity index (χ0) is 19.9. The highest BCUT2D eigenvalue weighted by Gasteiger charge is 2.33. The molecule has 6 nitrogen and oxygen atoms in total. The SMILES string of the molecule is NCCCCNc1cccc2c1C(=O)c1cccc(NCCCCN)c1C2=O. The number of hydrogen-bond acceptors (Lipinski definition) is 6. The Morgan fingerprint density at radius 3 is 1.46 bits per heavy atom. The molecule has 0 radical (unpaired) electrons. The molecule has 0 bridgehead atoms. The van der Waals surface area contributed by atoms with Crippen molar-refractivity contribution in [2.75, 3.05) is 36.8 Å². The Morgan fingerprint density at radius 1 is 0.643 bits per heavy atom. The van der Waals surface area contributed by atoms with E-state index in [1.165, 1.54) is 0 Å². The van der Waals surface area contributed by atoms with E-state index in [4.69, 9.17) is 11.5 Å². The third-order valence-corrected chi connectivity index (χ3v) is 4.96. The molecule has 6 heteroatoms. The largest absolute Gasteiger partial charge is 0.384 e. The van der Waals surface area contributed by atoms with E-state index < -0.39 is 0 Å². The van der Waals surface area contributed by atoms with E-state index in [-0.39, 0.29) is 11.6 Å². The van der Waals surface area contributed by atoms with Gasteiger partial charge < -0.3 is 22.1 Å². The van der Waals surface area contributed by atoms with Crippen LogP contribution in [-0.2, 0) is 0 Å². The van der Waals surface area contributed by atoms with Crippen LogP contribution in [0.3, 0.4) is 0 Å². The van der Waals surface area contributed by atoms with Crippen molar-refractivity contribution in [1.82, 2.24) is 0 Å². The summed E-state index contributed by atoms with van der Waals surface area (Å²) in [5, 5.41) is 6.59. The first kappa shape index (κ1) is 20.0. The third kappa shape index (κ3) is 4.08. The lowest BCUT2D eigenvalue weighted by molar-refractivity contribution is 0.0980. The Labute approximate surface area is 165 Å². The first-order chi connectivity index (χ1) is 13.7. The summed E-state index contributed by atoms with van der Waals surface area (Å²) in [4.78, 5) is 26.5. The summed E-state index contributed by atoms with van der Waals surface area (Å²) in [5.41, 5.74) is 14.3. The Morgan fingerprint density at radius 2 is 1.07 bits per heavy atom. The van der Waals surface area contributed by atoms with Crippen molar-refractivity contribution in [3.63, 3.8) is 0 Å². The predicted octanol–water partition coefficient (Wildman–Crippen LogP) is 2.76. The molecule has 6 N–H and O–H groups in total. The molecular weight excluding hydrogens is 352 g/mol. The Balaban J connectivity index is 1.90. The number of unbranched alkanes of at least 4 members (excludes halogenated alkanes) is 2. The number of anilines is 2. The molecule has 148 valence electrons. The number of nitrogens with two attached hydrogens (primary N) is 2. The van der Waals surface area contributed by atoms with Crippen molar-refractivity contribution in [2.24, 2.45) is 11.5 Å². The van der Waals surface area contributed by atoms with Gasteiger partial charge in [-0.2, -0.15) is 0 Å². The van der Waals surface area contributed by atoms with Crippen molar-refractivity contribution >= 4 is 22.9 Å². The maximum atomic E-state index is 13.2. The highest BCUT2D eigenvalue weighted by atomic mass is 16.1. The van der Waals surface area contributed by atoms with Crippen molar-refractivity contribution in [2.45, 2.75) is 25.7 Å². The Bertz CT molecular complexity index is 792. The molecule has 2 aromatic rings. The van der Waals surface area contributed by atoms with Crippen LogP contribution in [0.1, 0.15) is 57.5 Å². The van der Waals surface area contributed by atoms with Gasteiger partial charge in [0.05, 0.1) is 11.1 Å². The van der Waals surface area contributed by atoms with Crippen LogP contribution < -0.4 is 22.1 Å². The van der Waals surface area contributed by atoms with E-state index in [2.05, 4.69) is 10.6 Å². The molecule has 0 spiro atoms. The highest BCUT2D eigenvalue weighted by Crippen LogP contribution is 2.35. The Kier molecular flexibility index (Phi) is 6.79. The fraction of sp³-hybridized carbons (Fsp3) is 0.364. The molecule has 1 aliphatic carbocycles. The molecule has 1 aliphatic rings. The van der Waals surface area contributed by atoms with Crippen molar-refractivity contribution in [3.05, 3.63) is 58.7 Å². The fourth-order valence-electron chi connectivity index (χ4n) is 3.52. The predicted molar refractivity (Wildman–Crippen MR) is 113 cm³/mol. The topological polar surface area (TPSA) is 110 Å². The summed E-state index contributed by atoms with van der Waals surface area (Å²) in [6.07, 6.45) is 3.65. The second-order valence-electron chi connectivity index (χ2n) is 6.96. The first-order valence-electron chi connectivity index (χ1n) is 9.92. The maximum Gasteiger partial charge on any atom is 0.196 e. The monoisotopic (exact) mass is 380 g/mol. The van der Waals surface area contributed by atoms with Gasteiger partial charge in [0.25, 0.3) is 0 Å². The molecule has 0 amide bonds. The van der Waals surface area contributed by atoms with E-state index >= 15 is 0 Å². The molecule has 0 atom stereocenters. The van der Waals surface area contributed by atoms with E-state index in [0.29, 0.717) is 59.8 Å². The van der Waals surface area contributed by atoms with Gasteiger partial charge in [-0.3, -0.25) is 9.59 Å². The van der Waals surface area contributed by atoms with Crippen molar-refractivity contribution in [1.29, 1.82) is 0 Å². The number of rotatable bonds is 10. The van der Waals surface area contributed by atoms with Crippen LogP contribution in [0.15, 0.2) is 36.4 Å². The number of benzene rings is 2. The van der Waals surface area contributed by atoms with Gasteiger partial charge in [-0.25, -0.2) is 0 Å². The van der Waals surface area contributed by atoms with E-state index in [0.717, 1.165) is 25.7 Å². The standard InChI is InChI=1S/C22H28N4O2/c23-11-1-3-13-25-17-9-5-7-15-19(17)21(27)16-8-6-10-18(20(16)22(15)28)26-14-4-2-12-24/h5-10,25-26H,1-4,11-14,23-24H2. The molecule has 0 saturated carbocycles. The van der Waals surface area contributed by atoms with Gasteiger partial charge in [0, 0.05) is 35.6 Å². The number of fused-ring (bicyclic) bond motifs is 2. The average molecular weight is 380 g/mol. The zero-order valence-corrected chi connectivity index (χ0v) is 16.1. The van der Waals surface area contributed by atoms with Crippen LogP contribution in [0.4, 0.5) is 11.4 Å². The van der Waals surface area contributed by atoms with Gasteiger partial charge in [-0.1, -0.05) is 24.3 Å².